The number of nitrogens with zero attached hydrogens (tertiary/aromatic N) is 1. The highest BCUT2D eigenvalue weighted by molar-refractivity contribution is 6.35. The van der Waals surface area contributed by atoms with Crippen molar-refractivity contribution in [2.75, 3.05) is 0 Å². The van der Waals surface area contributed by atoms with Crippen LogP contribution in [0.15, 0.2) is 30.3 Å². The van der Waals surface area contributed by atoms with Crippen molar-refractivity contribution in [3.63, 3.8) is 0 Å². The van der Waals surface area contributed by atoms with Gasteiger partial charge in [0.05, 0.1) is 15.5 Å². The Bertz CT molecular complexity index is 843. The highest BCUT2D eigenvalue weighted by Crippen LogP contribution is 2.37. The van der Waals surface area contributed by atoms with Gasteiger partial charge in [0.1, 0.15) is 5.75 Å². The van der Waals surface area contributed by atoms with Gasteiger partial charge in [-0.25, -0.2) is 0 Å². The summed E-state index contributed by atoms with van der Waals surface area (Å²) in [5.74, 6) is -1.61. The summed E-state index contributed by atoms with van der Waals surface area (Å²) in [7, 11) is 0. The number of fused-ring (bicyclic) bond motifs is 2. The molecule has 1 aliphatic rings. The monoisotopic (exact) mass is 303 g/mol. The van der Waals surface area contributed by atoms with E-state index in [1.54, 1.807) is 0 Å². The molecule has 0 bridgehead atoms. The average molecular weight is 304 g/mol. The fourth-order valence-electron chi connectivity index (χ4n) is 2.30. The van der Waals surface area contributed by atoms with Crippen molar-refractivity contribution in [1.82, 2.24) is 0 Å². The first-order valence-corrected chi connectivity index (χ1v) is 6.19. The maximum Gasteiger partial charge on any atom is 0.270 e. The minimum Gasteiger partial charge on any atom is -0.506 e. The van der Waals surface area contributed by atoms with E-state index >= 15 is 0 Å². The van der Waals surface area contributed by atoms with E-state index in [0.29, 0.717) is 0 Å². The van der Waals surface area contributed by atoms with Crippen molar-refractivity contribution < 1.29 is 19.6 Å². The molecule has 0 spiro atoms. The van der Waals surface area contributed by atoms with Gasteiger partial charge in [0, 0.05) is 28.8 Å². The van der Waals surface area contributed by atoms with Gasteiger partial charge in [0.15, 0.2) is 11.6 Å². The van der Waals surface area contributed by atoms with Crippen LogP contribution in [0.2, 0.25) is 5.02 Å². The van der Waals surface area contributed by atoms with Crippen LogP contribution in [0.3, 0.4) is 0 Å². The molecule has 0 aromatic heterocycles. The number of aromatic hydroxyl groups is 1. The van der Waals surface area contributed by atoms with Gasteiger partial charge in [-0.15, -0.1) is 0 Å². The molecule has 0 radical (unpaired) electrons. The molecule has 3 rings (SSSR count). The van der Waals surface area contributed by atoms with Crippen molar-refractivity contribution in [2.45, 2.75) is 0 Å². The third kappa shape index (κ3) is 1.80. The number of phenols is 1. The predicted octanol–water partition coefficient (Wildman–Crippen LogP) is 2.73. The number of rotatable bonds is 1. The summed E-state index contributed by atoms with van der Waals surface area (Å²) in [6.45, 7) is 0. The van der Waals surface area contributed by atoms with E-state index in [1.165, 1.54) is 18.2 Å². The molecule has 0 saturated carbocycles. The Morgan fingerprint density at radius 3 is 2.33 bits per heavy atom. The van der Waals surface area contributed by atoms with Gasteiger partial charge in [0.25, 0.3) is 5.69 Å². The number of nitro groups is 1. The van der Waals surface area contributed by atoms with Crippen LogP contribution >= 0.6 is 11.6 Å². The fourth-order valence-corrected chi connectivity index (χ4v) is 2.45. The molecule has 0 unspecified atom stereocenters. The number of halogens is 1. The molecule has 0 atom stereocenters. The van der Waals surface area contributed by atoms with Crippen LogP contribution in [-0.2, 0) is 0 Å². The van der Waals surface area contributed by atoms with Gasteiger partial charge in [-0.1, -0.05) is 11.6 Å². The first kappa shape index (κ1) is 13.3. The van der Waals surface area contributed by atoms with Gasteiger partial charge in [-0.3, -0.25) is 19.7 Å². The van der Waals surface area contributed by atoms with Gasteiger partial charge >= 0.3 is 0 Å². The first-order valence-electron chi connectivity index (χ1n) is 5.81. The van der Waals surface area contributed by atoms with Crippen LogP contribution in [0, 0.1) is 10.1 Å². The van der Waals surface area contributed by atoms with Crippen LogP contribution in [0.1, 0.15) is 31.8 Å². The van der Waals surface area contributed by atoms with Crippen LogP contribution < -0.4 is 0 Å². The summed E-state index contributed by atoms with van der Waals surface area (Å²) in [5.41, 5.74) is -0.514. The fraction of sp³-hybridized carbons (Fsp3) is 0. The number of hydrogen-bond donors (Lipinski definition) is 1. The topological polar surface area (TPSA) is 97.5 Å². The number of benzene rings is 2. The summed E-state index contributed by atoms with van der Waals surface area (Å²) in [4.78, 5) is 34.9. The van der Waals surface area contributed by atoms with Gasteiger partial charge < -0.3 is 5.11 Å². The largest absolute Gasteiger partial charge is 0.506 e. The van der Waals surface area contributed by atoms with Crippen LogP contribution in [-0.4, -0.2) is 21.6 Å². The van der Waals surface area contributed by atoms with Gasteiger partial charge in [-0.05, 0) is 18.2 Å². The molecule has 21 heavy (non-hydrogen) atoms. The zero-order valence-electron chi connectivity index (χ0n) is 10.3. The lowest BCUT2D eigenvalue weighted by molar-refractivity contribution is -0.384. The van der Waals surface area contributed by atoms with Crippen LogP contribution in [0.4, 0.5) is 5.69 Å². The number of carbonyl (C=O) groups is 2. The maximum absolute atomic E-state index is 12.4. The Morgan fingerprint density at radius 1 is 1.00 bits per heavy atom. The zero-order chi connectivity index (χ0) is 15.3. The van der Waals surface area contributed by atoms with Gasteiger partial charge in [0.2, 0.25) is 0 Å². The Morgan fingerprint density at radius 2 is 1.67 bits per heavy atom. The number of carbonyl (C=O) groups excluding carboxylic acids is 2. The first-order chi connectivity index (χ1) is 9.91. The quantitative estimate of drug-likeness (QED) is 0.550. The number of ketones is 2. The van der Waals surface area contributed by atoms with Crippen molar-refractivity contribution >= 4 is 28.9 Å². The number of phenolic OH excluding ortho intramolecular Hbond substituents is 1. The SMILES string of the molecule is O=C1c2cc([N+](=O)[O-])ccc2C(=O)c2c1ccc(Cl)c2O. The van der Waals surface area contributed by atoms with E-state index in [0.717, 1.165) is 12.1 Å². The van der Waals surface area contributed by atoms with E-state index in [1.807, 2.05) is 0 Å². The highest BCUT2D eigenvalue weighted by atomic mass is 35.5. The summed E-state index contributed by atoms with van der Waals surface area (Å²) in [6.07, 6.45) is 0. The summed E-state index contributed by atoms with van der Waals surface area (Å²) < 4.78 is 0. The predicted molar refractivity (Wildman–Crippen MR) is 73.1 cm³/mol. The second-order valence-corrected chi connectivity index (χ2v) is 4.87. The van der Waals surface area contributed by atoms with Crippen molar-refractivity contribution in [1.29, 1.82) is 0 Å². The highest BCUT2D eigenvalue weighted by Gasteiger charge is 2.33. The molecule has 6 nitrogen and oxygen atoms in total. The average Bonchev–Trinajstić information content (AvgIpc) is 2.47. The Hall–Kier alpha value is -2.73. The Balaban J connectivity index is 2.30. The smallest absolute Gasteiger partial charge is 0.270 e. The molecule has 104 valence electrons. The lowest BCUT2D eigenvalue weighted by atomic mass is 9.83. The second-order valence-electron chi connectivity index (χ2n) is 4.46. The molecule has 7 heteroatoms. The van der Waals surface area contributed by atoms with Crippen molar-refractivity contribution in [3.8, 4) is 5.75 Å². The molecule has 0 heterocycles. The van der Waals surface area contributed by atoms with Gasteiger partial charge in [-0.2, -0.15) is 0 Å². The lowest BCUT2D eigenvalue weighted by Crippen LogP contribution is -2.21. The molecule has 1 N–H and O–H groups in total. The molecule has 0 fully saturated rings. The zero-order valence-corrected chi connectivity index (χ0v) is 11.0. The van der Waals surface area contributed by atoms with E-state index in [4.69, 9.17) is 11.6 Å². The Labute approximate surface area is 122 Å². The van der Waals surface area contributed by atoms with E-state index < -0.39 is 22.2 Å². The molecule has 2 aromatic carbocycles. The molecule has 0 amide bonds. The van der Waals surface area contributed by atoms with E-state index in [2.05, 4.69) is 0 Å². The van der Waals surface area contributed by atoms with Crippen LogP contribution in [0.25, 0.3) is 0 Å². The number of hydrogen-bond acceptors (Lipinski definition) is 5. The normalized spacial score (nSPS) is 12.8. The number of non-ortho nitro benzene ring substituents is 1. The minimum atomic E-state index is -0.646. The molecule has 2 aromatic rings. The van der Waals surface area contributed by atoms with Crippen LogP contribution in [0.5, 0.6) is 5.75 Å². The second kappa shape index (κ2) is 4.39. The Kier molecular flexibility index (Phi) is 2.77. The standard InChI is InChI=1S/C14H6ClNO5/c15-10-4-3-8-11(14(10)19)13(18)7-2-1-6(16(20)21)5-9(7)12(8)17/h1-5,19H. The third-order valence-corrected chi connectivity index (χ3v) is 3.61. The summed E-state index contributed by atoms with van der Waals surface area (Å²) in [6, 6.07) is 6.01. The number of nitro benzene ring substituents is 1. The lowest BCUT2D eigenvalue weighted by Gasteiger charge is -2.18. The maximum atomic E-state index is 12.4. The molecule has 0 aliphatic heterocycles. The van der Waals surface area contributed by atoms with Crippen molar-refractivity contribution in [3.05, 3.63) is 67.7 Å². The van der Waals surface area contributed by atoms with E-state index in [-0.39, 0.29) is 33.0 Å². The van der Waals surface area contributed by atoms with Crippen molar-refractivity contribution in [2.24, 2.45) is 0 Å². The molecular weight excluding hydrogens is 298 g/mol. The molecule has 1 aliphatic carbocycles. The minimum absolute atomic E-state index is 0.00988. The third-order valence-electron chi connectivity index (χ3n) is 3.30. The summed E-state index contributed by atoms with van der Waals surface area (Å²) >= 11 is 5.75. The summed E-state index contributed by atoms with van der Waals surface area (Å²) in [5, 5.41) is 20.6. The molecule has 0 saturated heterocycles. The van der Waals surface area contributed by atoms with E-state index in [9.17, 15) is 24.8 Å². The molecular formula is C14H6ClNO5.